The highest BCUT2D eigenvalue weighted by atomic mass is 32.2. The Balaban J connectivity index is 1.79. The predicted octanol–water partition coefficient (Wildman–Crippen LogP) is 1.74. The van der Waals surface area contributed by atoms with Crippen LogP contribution in [0.15, 0.2) is 23.1 Å². The zero-order valence-electron chi connectivity index (χ0n) is 16.3. The van der Waals surface area contributed by atoms with Gasteiger partial charge in [0.05, 0.1) is 17.4 Å². The van der Waals surface area contributed by atoms with Gasteiger partial charge in [-0.3, -0.25) is 4.79 Å². The molecule has 2 amide bonds. The summed E-state index contributed by atoms with van der Waals surface area (Å²) in [4.78, 5) is 28.6. The number of rotatable bonds is 5. The molecule has 154 valence electrons. The van der Waals surface area contributed by atoms with Crippen LogP contribution in [0.4, 0.5) is 10.5 Å². The largest absolute Gasteiger partial charge is 0.450 e. The molecule has 0 aromatic heterocycles. The maximum atomic E-state index is 13.2. The summed E-state index contributed by atoms with van der Waals surface area (Å²) >= 11 is 0. The summed E-state index contributed by atoms with van der Waals surface area (Å²) in [5.74, 6) is -0.371. The van der Waals surface area contributed by atoms with E-state index in [9.17, 15) is 18.0 Å². The van der Waals surface area contributed by atoms with Gasteiger partial charge in [-0.15, -0.1) is 0 Å². The molecular formula is C19H27N3O5S. The molecule has 0 saturated carbocycles. The third-order valence-corrected chi connectivity index (χ3v) is 6.70. The van der Waals surface area contributed by atoms with E-state index in [0.717, 1.165) is 12.0 Å². The number of nitrogens with one attached hydrogen (secondary N) is 1. The van der Waals surface area contributed by atoms with Crippen molar-refractivity contribution in [2.45, 2.75) is 38.0 Å². The van der Waals surface area contributed by atoms with Crippen LogP contribution in [0.3, 0.4) is 0 Å². The molecule has 1 N–H and O–H groups in total. The molecule has 0 radical (unpaired) electrons. The van der Waals surface area contributed by atoms with Crippen LogP contribution in [0.5, 0.6) is 0 Å². The first kappa shape index (κ1) is 20.6. The van der Waals surface area contributed by atoms with E-state index in [2.05, 4.69) is 4.72 Å². The van der Waals surface area contributed by atoms with Crippen molar-refractivity contribution < 1.29 is 22.7 Å². The van der Waals surface area contributed by atoms with Gasteiger partial charge in [-0.2, -0.15) is 0 Å². The number of carbonyl (C=O) groups excluding carboxylic acids is 2. The first-order chi connectivity index (χ1) is 13.4. The third kappa shape index (κ3) is 4.15. The Labute approximate surface area is 165 Å². The van der Waals surface area contributed by atoms with Crippen molar-refractivity contribution in [1.82, 2.24) is 9.62 Å². The molecular weight excluding hydrogens is 382 g/mol. The van der Waals surface area contributed by atoms with Gasteiger partial charge in [0.1, 0.15) is 0 Å². The minimum Gasteiger partial charge on any atom is -0.450 e. The van der Waals surface area contributed by atoms with Crippen LogP contribution < -0.4 is 9.62 Å². The van der Waals surface area contributed by atoms with Crippen LogP contribution in [0.1, 0.15) is 32.3 Å². The Bertz CT molecular complexity index is 855. The number of hydrogen-bond acceptors (Lipinski definition) is 5. The topological polar surface area (TPSA) is 96.0 Å². The van der Waals surface area contributed by atoms with Crippen molar-refractivity contribution in [2.24, 2.45) is 5.92 Å². The smallest absolute Gasteiger partial charge is 0.409 e. The number of likely N-dealkylation sites (tertiary alicyclic amines) is 1. The van der Waals surface area contributed by atoms with E-state index in [0.29, 0.717) is 51.3 Å². The molecule has 1 unspecified atom stereocenters. The average molecular weight is 410 g/mol. The van der Waals surface area contributed by atoms with Crippen LogP contribution in [0, 0.1) is 5.92 Å². The lowest BCUT2D eigenvalue weighted by Gasteiger charge is -2.33. The number of nitrogens with zero attached hydrogens (tertiary/aromatic N) is 2. The van der Waals surface area contributed by atoms with Crippen molar-refractivity contribution in [3.8, 4) is 0 Å². The van der Waals surface area contributed by atoms with Crippen molar-refractivity contribution >= 4 is 27.7 Å². The van der Waals surface area contributed by atoms with E-state index in [-0.39, 0.29) is 22.8 Å². The van der Waals surface area contributed by atoms with E-state index in [1.165, 1.54) is 0 Å². The van der Waals surface area contributed by atoms with Crippen LogP contribution in [0.2, 0.25) is 0 Å². The lowest BCUT2D eigenvalue weighted by molar-refractivity contribution is -0.123. The first-order valence-corrected chi connectivity index (χ1v) is 11.2. The molecule has 1 atom stereocenters. The highest BCUT2D eigenvalue weighted by Gasteiger charge is 2.35. The highest BCUT2D eigenvalue weighted by Crippen LogP contribution is 2.33. The van der Waals surface area contributed by atoms with Gasteiger partial charge >= 0.3 is 6.09 Å². The van der Waals surface area contributed by atoms with Crippen LogP contribution in [-0.4, -0.2) is 58.1 Å². The maximum absolute atomic E-state index is 13.2. The summed E-state index contributed by atoms with van der Waals surface area (Å²) in [6.07, 6.45) is 1.75. The Morgan fingerprint density at radius 1 is 1.25 bits per heavy atom. The summed E-state index contributed by atoms with van der Waals surface area (Å²) < 4.78 is 32.2. The van der Waals surface area contributed by atoms with Gasteiger partial charge in [0.2, 0.25) is 15.9 Å². The van der Waals surface area contributed by atoms with E-state index < -0.39 is 10.0 Å². The Kier molecular flexibility index (Phi) is 6.24. The van der Waals surface area contributed by atoms with Crippen LogP contribution in [0.25, 0.3) is 0 Å². The van der Waals surface area contributed by atoms with Crippen molar-refractivity contribution in [2.75, 3.05) is 37.7 Å². The molecule has 1 saturated heterocycles. The molecule has 2 heterocycles. The fourth-order valence-electron chi connectivity index (χ4n) is 3.81. The van der Waals surface area contributed by atoms with Gasteiger partial charge in [0.15, 0.2) is 0 Å². The molecule has 0 spiro atoms. The molecule has 3 rings (SSSR count). The zero-order chi connectivity index (χ0) is 20.3. The molecule has 0 bridgehead atoms. The molecule has 1 aromatic rings. The Morgan fingerprint density at radius 3 is 2.75 bits per heavy atom. The van der Waals surface area contributed by atoms with Gasteiger partial charge in [0.25, 0.3) is 0 Å². The lowest BCUT2D eigenvalue weighted by atomic mass is 9.96. The molecule has 2 aliphatic heterocycles. The highest BCUT2D eigenvalue weighted by molar-refractivity contribution is 7.89. The van der Waals surface area contributed by atoms with Gasteiger partial charge in [-0.05, 0) is 43.9 Å². The van der Waals surface area contributed by atoms with Gasteiger partial charge in [-0.25, -0.2) is 17.9 Å². The minimum atomic E-state index is -3.59. The molecule has 0 aliphatic carbocycles. The van der Waals surface area contributed by atoms with Crippen LogP contribution in [-0.2, 0) is 26.0 Å². The average Bonchev–Trinajstić information content (AvgIpc) is 3.11. The number of hydrogen-bond donors (Lipinski definition) is 1. The summed E-state index contributed by atoms with van der Waals surface area (Å²) in [5, 5.41) is 0. The Hall–Kier alpha value is -2.13. The minimum absolute atomic E-state index is 0.0641. The van der Waals surface area contributed by atoms with E-state index in [4.69, 9.17) is 4.74 Å². The van der Waals surface area contributed by atoms with E-state index >= 15 is 0 Å². The number of sulfonamides is 1. The van der Waals surface area contributed by atoms with E-state index in [1.807, 2.05) is 0 Å². The molecule has 2 aliphatic rings. The monoisotopic (exact) mass is 409 g/mol. The second kappa shape index (κ2) is 8.48. The summed E-state index contributed by atoms with van der Waals surface area (Å²) in [6, 6.07) is 4.93. The number of amides is 2. The molecule has 8 nitrogen and oxygen atoms in total. The second-order valence-electron chi connectivity index (χ2n) is 7.02. The number of anilines is 1. The number of carbonyl (C=O) groups is 2. The fraction of sp³-hybridized carbons (Fsp3) is 0.579. The van der Waals surface area contributed by atoms with Gasteiger partial charge in [-0.1, -0.05) is 13.0 Å². The Morgan fingerprint density at radius 2 is 2.04 bits per heavy atom. The molecule has 9 heteroatoms. The van der Waals surface area contributed by atoms with Crippen LogP contribution >= 0.6 is 0 Å². The molecule has 1 aromatic carbocycles. The number of fused-ring (bicyclic) bond motifs is 1. The quantitative estimate of drug-likeness (QED) is 0.799. The normalized spacial score (nSPS) is 19.4. The number of benzene rings is 1. The maximum Gasteiger partial charge on any atom is 0.409 e. The lowest BCUT2D eigenvalue weighted by Crippen LogP contribution is -2.46. The first-order valence-electron chi connectivity index (χ1n) is 9.73. The standard InChI is InChI=1S/C19H27N3O5S/c1-3-20-28(25,26)16-8-7-14-9-11-22(17(14)12-16)18(23)15-6-5-10-21(13-15)19(24)27-4-2/h7-8,12,15,20H,3-6,9-11,13H2,1-2H3. The third-order valence-electron chi connectivity index (χ3n) is 5.16. The number of ether oxygens (including phenoxy) is 1. The summed E-state index contributed by atoms with van der Waals surface area (Å²) in [5.41, 5.74) is 1.61. The number of piperidine rings is 1. The SMILES string of the molecule is CCNS(=O)(=O)c1ccc2c(c1)N(C(=O)C1CCCN(C(=O)OCC)C1)CC2. The van der Waals surface area contributed by atoms with Crippen molar-refractivity contribution in [3.05, 3.63) is 23.8 Å². The fourth-order valence-corrected chi connectivity index (χ4v) is 4.87. The van der Waals surface area contributed by atoms with Gasteiger partial charge in [0, 0.05) is 31.9 Å². The predicted molar refractivity (Wildman–Crippen MR) is 105 cm³/mol. The second-order valence-corrected chi connectivity index (χ2v) is 8.78. The molecule has 28 heavy (non-hydrogen) atoms. The van der Waals surface area contributed by atoms with Crippen molar-refractivity contribution in [1.29, 1.82) is 0 Å². The summed E-state index contributed by atoms with van der Waals surface area (Å²) in [6.45, 7) is 5.52. The summed E-state index contributed by atoms with van der Waals surface area (Å²) in [7, 11) is -3.59. The van der Waals surface area contributed by atoms with E-state index in [1.54, 1.807) is 41.8 Å². The molecule has 1 fully saturated rings. The van der Waals surface area contributed by atoms with Gasteiger partial charge < -0.3 is 14.5 Å². The zero-order valence-corrected chi connectivity index (χ0v) is 17.1. The van der Waals surface area contributed by atoms with Crippen molar-refractivity contribution in [3.63, 3.8) is 0 Å².